The molecule has 0 heterocycles. The number of hydrogen-bond acceptors (Lipinski definition) is 1. The molecule has 2 rings (SSSR count). The first-order chi connectivity index (χ1) is 10.6. The fourth-order valence-corrected chi connectivity index (χ4v) is 3.02. The van der Waals surface area contributed by atoms with Crippen molar-refractivity contribution in [1.29, 1.82) is 0 Å². The Balaban J connectivity index is 2.53. The van der Waals surface area contributed by atoms with E-state index < -0.39 is 47.4 Å². The van der Waals surface area contributed by atoms with Gasteiger partial charge in [-0.1, -0.05) is 34.1 Å². The standard InChI is InChI=1S/C13H8BrF9O/c14-7-4-2-1-3-6(7)8(24)5-9(15)10(16,17)12(20,21)13(22,23)11(9,18)19/h1-4,8,24H,5H2. The molecule has 0 radical (unpaired) electrons. The molecule has 0 aliphatic heterocycles. The molecule has 1 N–H and O–H groups in total. The van der Waals surface area contributed by atoms with E-state index in [1.165, 1.54) is 18.2 Å². The summed E-state index contributed by atoms with van der Waals surface area (Å²) < 4.78 is 121. The number of benzene rings is 1. The van der Waals surface area contributed by atoms with Crippen LogP contribution in [0.3, 0.4) is 0 Å². The third kappa shape index (κ3) is 2.06. The molecule has 1 fully saturated rings. The third-order valence-corrected chi connectivity index (χ3v) is 4.64. The lowest BCUT2D eigenvalue weighted by molar-refractivity contribution is -0.303. The van der Waals surface area contributed by atoms with E-state index in [1.807, 2.05) is 0 Å². The molecule has 1 aromatic carbocycles. The van der Waals surface area contributed by atoms with E-state index in [2.05, 4.69) is 15.9 Å². The van der Waals surface area contributed by atoms with Gasteiger partial charge in [0.15, 0.2) is 0 Å². The van der Waals surface area contributed by atoms with E-state index in [9.17, 15) is 44.6 Å². The number of hydrogen-bond donors (Lipinski definition) is 1. The highest BCUT2D eigenvalue weighted by Crippen LogP contribution is 2.70. The lowest BCUT2D eigenvalue weighted by Crippen LogP contribution is -2.55. The van der Waals surface area contributed by atoms with Crippen LogP contribution in [0.5, 0.6) is 0 Å². The van der Waals surface area contributed by atoms with Crippen molar-refractivity contribution in [2.24, 2.45) is 0 Å². The van der Waals surface area contributed by atoms with Crippen LogP contribution < -0.4 is 0 Å². The van der Waals surface area contributed by atoms with Gasteiger partial charge in [-0.05, 0) is 11.6 Å². The van der Waals surface area contributed by atoms with Gasteiger partial charge in [0.1, 0.15) is 0 Å². The molecule has 1 aromatic rings. The highest BCUT2D eigenvalue weighted by atomic mass is 79.9. The summed E-state index contributed by atoms with van der Waals surface area (Å²) in [7, 11) is 0. The normalized spacial score (nSPS) is 27.0. The van der Waals surface area contributed by atoms with Crippen LogP contribution in [0, 0.1) is 0 Å². The molecule has 24 heavy (non-hydrogen) atoms. The number of aliphatic hydroxyl groups is 1. The minimum absolute atomic E-state index is 0.0377. The van der Waals surface area contributed by atoms with Crippen LogP contribution in [0.25, 0.3) is 0 Å². The fourth-order valence-electron chi connectivity index (χ4n) is 2.47. The molecular weight excluding hydrogens is 423 g/mol. The molecule has 1 unspecified atom stereocenters. The Labute approximate surface area is 137 Å². The Hall–Kier alpha value is -0.970. The Bertz CT molecular complexity index is 620. The first-order valence-corrected chi connectivity index (χ1v) is 7.07. The summed E-state index contributed by atoms with van der Waals surface area (Å²) in [6.07, 6.45) is -4.83. The number of alkyl halides is 9. The predicted octanol–water partition coefficient (Wildman–Crippen LogP) is 5.14. The van der Waals surface area contributed by atoms with Crippen LogP contribution in [0.4, 0.5) is 39.5 Å². The summed E-state index contributed by atoms with van der Waals surface area (Å²) >= 11 is 2.81. The molecule has 1 atom stereocenters. The lowest BCUT2D eigenvalue weighted by Gasteiger charge is -2.32. The average Bonchev–Trinajstić information content (AvgIpc) is 2.50. The maximum absolute atomic E-state index is 14.3. The van der Waals surface area contributed by atoms with Gasteiger partial charge in [-0.3, -0.25) is 0 Å². The zero-order chi connectivity index (χ0) is 18.8. The molecule has 136 valence electrons. The molecule has 1 saturated carbocycles. The molecule has 1 nitrogen and oxygen atoms in total. The summed E-state index contributed by atoms with van der Waals surface area (Å²) in [5, 5.41) is 9.71. The quantitative estimate of drug-likeness (QED) is 0.658. The summed E-state index contributed by atoms with van der Waals surface area (Å²) in [5.74, 6) is -26.1. The molecule has 1 aliphatic carbocycles. The maximum Gasteiger partial charge on any atom is 0.381 e. The Morgan fingerprint density at radius 1 is 0.792 bits per heavy atom. The SMILES string of the molecule is OC(CC1(F)C(F)(F)C(F)(F)C(F)(F)C1(F)F)c1ccccc1Br. The molecule has 0 saturated heterocycles. The van der Waals surface area contributed by atoms with Gasteiger partial charge in [0.2, 0.25) is 0 Å². The number of aliphatic hydroxyl groups excluding tert-OH is 1. The van der Waals surface area contributed by atoms with Gasteiger partial charge in [-0.2, -0.15) is 35.1 Å². The van der Waals surface area contributed by atoms with Crippen LogP contribution in [-0.2, 0) is 0 Å². The second kappa shape index (κ2) is 5.26. The van der Waals surface area contributed by atoms with Crippen LogP contribution in [0.1, 0.15) is 18.1 Å². The molecule has 0 bridgehead atoms. The van der Waals surface area contributed by atoms with E-state index in [1.54, 1.807) is 0 Å². The summed E-state index contributed by atoms with van der Waals surface area (Å²) in [6, 6.07) is 4.80. The Kier molecular flexibility index (Phi) is 4.24. The predicted molar refractivity (Wildman–Crippen MR) is 67.3 cm³/mol. The van der Waals surface area contributed by atoms with Gasteiger partial charge in [-0.25, -0.2) is 4.39 Å². The van der Waals surface area contributed by atoms with Gasteiger partial charge < -0.3 is 5.11 Å². The van der Waals surface area contributed by atoms with Crippen molar-refractivity contribution < 1.29 is 44.6 Å². The zero-order valence-corrected chi connectivity index (χ0v) is 12.9. The van der Waals surface area contributed by atoms with Crippen molar-refractivity contribution in [1.82, 2.24) is 0 Å². The zero-order valence-electron chi connectivity index (χ0n) is 11.3. The minimum Gasteiger partial charge on any atom is -0.388 e. The molecular formula is C13H8BrF9O. The van der Waals surface area contributed by atoms with Crippen LogP contribution >= 0.6 is 15.9 Å². The van der Waals surface area contributed by atoms with Gasteiger partial charge in [-0.15, -0.1) is 0 Å². The second-order valence-corrected chi connectivity index (χ2v) is 6.19. The minimum atomic E-state index is -6.63. The summed E-state index contributed by atoms with van der Waals surface area (Å²) in [4.78, 5) is 0. The van der Waals surface area contributed by atoms with Crippen molar-refractivity contribution in [3.05, 3.63) is 34.3 Å². The molecule has 0 amide bonds. The Morgan fingerprint density at radius 3 is 1.62 bits per heavy atom. The van der Waals surface area contributed by atoms with Crippen LogP contribution in [0.2, 0.25) is 0 Å². The van der Waals surface area contributed by atoms with Crippen LogP contribution in [0.15, 0.2) is 28.7 Å². The topological polar surface area (TPSA) is 20.2 Å². The van der Waals surface area contributed by atoms with Gasteiger partial charge in [0.05, 0.1) is 6.10 Å². The third-order valence-electron chi connectivity index (χ3n) is 3.92. The van der Waals surface area contributed by atoms with Gasteiger partial charge >= 0.3 is 23.7 Å². The maximum atomic E-state index is 14.3. The van der Waals surface area contributed by atoms with Crippen molar-refractivity contribution in [2.75, 3.05) is 0 Å². The fraction of sp³-hybridized carbons (Fsp3) is 0.538. The van der Waals surface area contributed by atoms with E-state index in [0.29, 0.717) is 0 Å². The second-order valence-electron chi connectivity index (χ2n) is 5.34. The van der Waals surface area contributed by atoms with Crippen molar-refractivity contribution in [3.8, 4) is 0 Å². The first kappa shape index (κ1) is 19.4. The van der Waals surface area contributed by atoms with E-state index >= 15 is 0 Å². The highest BCUT2D eigenvalue weighted by Gasteiger charge is 3.00. The molecule has 0 spiro atoms. The van der Waals surface area contributed by atoms with Crippen molar-refractivity contribution >= 4 is 15.9 Å². The highest BCUT2D eigenvalue weighted by molar-refractivity contribution is 9.10. The largest absolute Gasteiger partial charge is 0.388 e. The van der Waals surface area contributed by atoms with Crippen molar-refractivity contribution in [3.63, 3.8) is 0 Å². The van der Waals surface area contributed by atoms with E-state index in [4.69, 9.17) is 0 Å². The van der Waals surface area contributed by atoms with Crippen molar-refractivity contribution in [2.45, 2.75) is 41.9 Å². The van der Waals surface area contributed by atoms with Gasteiger partial charge in [0.25, 0.3) is 5.67 Å². The first-order valence-electron chi connectivity index (χ1n) is 6.28. The number of halogens is 10. The summed E-state index contributed by atoms with van der Waals surface area (Å²) in [5.41, 5.74) is -6.07. The molecule has 1 aliphatic rings. The Morgan fingerprint density at radius 2 is 1.21 bits per heavy atom. The van der Waals surface area contributed by atoms with E-state index in [-0.39, 0.29) is 4.47 Å². The lowest BCUT2D eigenvalue weighted by atomic mass is 9.88. The van der Waals surface area contributed by atoms with Gasteiger partial charge in [0, 0.05) is 10.9 Å². The van der Waals surface area contributed by atoms with Crippen LogP contribution in [-0.4, -0.2) is 34.5 Å². The number of rotatable bonds is 3. The monoisotopic (exact) mass is 430 g/mol. The average molecular weight is 431 g/mol. The molecule has 11 heteroatoms. The summed E-state index contributed by atoms with van der Waals surface area (Å²) in [6.45, 7) is 0. The molecule has 0 aromatic heterocycles. The smallest absolute Gasteiger partial charge is 0.381 e. The van der Waals surface area contributed by atoms with E-state index in [0.717, 1.165) is 6.07 Å².